The molecule has 0 radical (unpaired) electrons. The Bertz CT molecular complexity index is 1200. The van der Waals surface area contributed by atoms with Crippen molar-refractivity contribution in [1.29, 1.82) is 0 Å². The molecular weight excluding hydrogens is 409 g/mol. The molecule has 9 nitrogen and oxygen atoms in total. The van der Waals surface area contributed by atoms with Gasteiger partial charge in [0.15, 0.2) is 11.2 Å². The second kappa shape index (κ2) is 7.62. The molecule has 30 heavy (non-hydrogen) atoms. The van der Waals surface area contributed by atoms with Crippen LogP contribution in [0.25, 0.3) is 16.9 Å². The summed E-state index contributed by atoms with van der Waals surface area (Å²) in [5, 5.41) is 15.8. The van der Waals surface area contributed by atoms with Crippen LogP contribution in [0.4, 0.5) is 16.0 Å². The third-order valence-corrected chi connectivity index (χ3v) is 5.57. The first-order valence-corrected chi connectivity index (χ1v) is 9.98. The molecular formula is C19H19ClFN9. The van der Waals surface area contributed by atoms with Gasteiger partial charge < -0.3 is 10.2 Å². The minimum atomic E-state index is -0.536. The Balaban J connectivity index is 1.40. The first-order chi connectivity index (χ1) is 14.6. The highest BCUT2D eigenvalue weighted by atomic mass is 35.5. The average molecular weight is 428 g/mol. The molecule has 1 aliphatic heterocycles. The topological polar surface area (TPSA) is 89.6 Å². The largest absolute Gasteiger partial charge is 0.321 e. The van der Waals surface area contributed by atoms with E-state index in [1.165, 1.54) is 16.8 Å². The molecule has 154 valence electrons. The molecule has 0 saturated carbocycles. The van der Waals surface area contributed by atoms with E-state index in [1.807, 2.05) is 10.9 Å². The third kappa shape index (κ3) is 3.59. The number of benzene rings is 1. The first kappa shape index (κ1) is 18.9. The lowest BCUT2D eigenvalue weighted by molar-refractivity contribution is 0.212. The highest BCUT2D eigenvalue weighted by molar-refractivity contribution is 6.30. The fraction of sp³-hybridized carbons (Fsp3) is 0.316. The van der Waals surface area contributed by atoms with E-state index in [-0.39, 0.29) is 5.02 Å². The molecule has 5 rings (SSSR count). The molecule has 0 amide bonds. The van der Waals surface area contributed by atoms with Crippen molar-refractivity contribution in [3.05, 3.63) is 47.6 Å². The molecule has 1 fully saturated rings. The summed E-state index contributed by atoms with van der Waals surface area (Å²) < 4.78 is 17.3. The summed E-state index contributed by atoms with van der Waals surface area (Å²) in [5.41, 5.74) is 2.22. The molecule has 4 heterocycles. The molecule has 0 unspecified atom stereocenters. The van der Waals surface area contributed by atoms with Crippen LogP contribution in [0.15, 0.2) is 36.8 Å². The van der Waals surface area contributed by atoms with E-state index in [0.29, 0.717) is 28.8 Å². The number of nitrogens with zero attached hydrogens (tertiary/aromatic N) is 8. The van der Waals surface area contributed by atoms with Gasteiger partial charge in [-0.3, -0.25) is 4.68 Å². The van der Waals surface area contributed by atoms with Crippen LogP contribution in [0.3, 0.4) is 0 Å². The van der Waals surface area contributed by atoms with Crippen LogP contribution < -0.4 is 5.32 Å². The van der Waals surface area contributed by atoms with Gasteiger partial charge in [-0.15, -0.1) is 5.10 Å². The second-order valence-corrected chi connectivity index (χ2v) is 7.78. The molecule has 3 aromatic heterocycles. The minimum Gasteiger partial charge on any atom is -0.321 e. The number of halogens is 2. The van der Waals surface area contributed by atoms with Crippen LogP contribution in [0.1, 0.15) is 18.9 Å². The van der Waals surface area contributed by atoms with E-state index in [9.17, 15) is 4.39 Å². The number of aromatic nitrogens is 7. The van der Waals surface area contributed by atoms with Crippen molar-refractivity contribution in [2.75, 3.05) is 25.5 Å². The Hall–Kier alpha value is -3.11. The molecule has 0 spiro atoms. The number of anilines is 2. The summed E-state index contributed by atoms with van der Waals surface area (Å²) in [7, 11) is 2.14. The number of fused-ring (bicyclic) bond motifs is 1. The van der Waals surface area contributed by atoms with E-state index in [1.54, 1.807) is 18.5 Å². The number of hydrogen-bond acceptors (Lipinski definition) is 7. The first-order valence-electron chi connectivity index (χ1n) is 9.60. The Morgan fingerprint density at radius 3 is 2.83 bits per heavy atom. The minimum absolute atomic E-state index is 0.0433. The predicted octanol–water partition coefficient (Wildman–Crippen LogP) is 3.21. The van der Waals surface area contributed by atoms with E-state index in [2.05, 4.69) is 42.6 Å². The molecule has 1 N–H and O–H groups in total. The van der Waals surface area contributed by atoms with Crippen molar-refractivity contribution < 1.29 is 4.39 Å². The summed E-state index contributed by atoms with van der Waals surface area (Å²) in [6.07, 6.45) is 7.44. The normalized spacial score (nSPS) is 15.7. The number of likely N-dealkylation sites (tertiary alicyclic amines) is 1. The molecule has 0 atom stereocenters. The lowest BCUT2D eigenvalue weighted by atomic mass is 10.1. The zero-order valence-corrected chi connectivity index (χ0v) is 17.0. The lowest BCUT2D eigenvalue weighted by Crippen LogP contribution is -2.31. The molecule has 4 aromatic rings. The van der Waals surface area contributed by atoms with Crippen molar-refractivity contribution in [1.82, 2.24) is 39.6 Å². The summed E-state index contributed by atoms with van der Waals surface area (Å²) in [6.45, 7) is 2.13. The summed E-state index contributed by atoms with van der Waals surface area (Å²) in [5.74, 6) is -0.157. The fourth-order valence-electron chi connectivity index (χ4n) is 3.57. The quantitative estimate of drug-likeness (QED) is 0.534. The predicted molar refractivity (Wildman–Crippen MR) is 111 cm³/mol. The van der Waals surface area contributed by atoms with E-state index in [4.69, 9.17) is 11.6 Å². The zero-order chi connectivity index (χ0) is 20.7. The van der Waals surface area contributed by atoms with Crippen molar-refractivity contribution >= 4 is 34.4 Å². The van der Waals surface area contributed by atoms with Crippen LogP contribution in [0.5, 0.6) is 0 Å². The number of hydrogen-bond donors (Lipinski definition) is 1. The Morgan fingerprint density at radius 1 is 1.20 bits per heavy atom. The molecule has 1 aliphatic rings. The van der Waals surface area contributed by atoms with Crippen molar-refractivity contribution in [3.8, 4) is 5.69 Å². The van der Waals surface area contributed by atoms with Crippen LogP contribution in [-0.2, 0) is 0 Å². The lowest BCUT2D eigenvalue weighted by Gasteiger charge is -2.28. The van der Waals surface area contributed by atoms with Gasteiger partial charge in [0.1, 0.15) is 5.82 Å². The average Bonchev–Trinajstić information content (AvgIpc) is 3.38. The number of piperidine rings is 1. The highest BCUT2D eigenvalue weighted by Crippen LogP contribution is 2.24. The van der Waals surface area contributed by atoms with Gasteiger partial charge in [0.25, 0.3) is 0 Å². The van der Waals surface area contributed by atoms with Gasteiger partial charge in [-0.2, -0.15) is 14.8 Å². The van der Waals surface area contributed by atoms with E-state index < -0.39 is 5.82 Å². The van der Waals surface area contributed by atoms with Crippen molar-refractivity contribution in [3.63, 3.8) is 0 Å². The monoisotopic (exact) mass is 427 g/mol. The van der Waals surface area contributed by atoms with E-state index >= 15 is 0 Å². The van der Waals surface area contributed by atoms with Crippen LogP contribution in [0.2, 0.25) is 5.02 Å². The highest BCUT2D eigenvalue weighted by Gasteiger charge is 2.19. The van der Waals surface area contributed by atoms with Crippen LogP contribution in [-0.4, -0.2) is 59.8 Å². The zero-order valence-electron chi connectivity index (χ0n) is 16.2. The maximum Gasteiger partial charge on any atom is 0.229 e. The standard InChI is InChI=1S/C19H19ClFN9/c1-28-6-4-13(5-7-28)29-11-12(9-23-29)24-19-22-10-17-18(25-19)30(27-26-17)14-2-3-15(20)16(21)8-14/h2-3,8-11,13H,4-7H2,1H3,(H,22,24,25). The molecule has 0 bridgehead atoms. The van der Waals surface area contributed by atoms with Crippen LogP contribution in [0, 0.1) is 5.82 Å². The van der Waals surface area contributed by atoms with Gasteiger partial charge in [-0.05, 0) is 45.1 Å². The Labute approximate surface area is 176 Å². The molecule has 11 heteroatoms. The molecule has 1 aromatic carbocycles. The van der Waals surface area contributed by atoms with Gasteiger partial charge in [-0.1, -0.05) is 16.8 Å². The number of nitrogens with one attached hydrogen (secondary N) is 1. The summed E-state index contributed by atoms with van der Waals surface area (Å²) in [6, 6.07) is 4.81. The van der Waals surface area contributed by atoms with Gasteiger partial charge in [0, 0.05) is 12.3 Å². The smallest absolute Gasteiger partial charge is 0.229 e. The van der Waals surface area contributed by atoms with Gasteiger partial charge >= 0.3 is 0 Å². The summed E-state index contributed by atoms with van der Waals surface area (Å²) in [4.78, 5) is 11.1. The van der Waals surface area contributed by atoms with Gasteiger partial charge in [0.05, 0.1) is 34.8 Å². The fourth-order valence-corrected chi connectivity index (χ4v) is 3.69. The Morgan fingerprint density at radius 2 is 2.03 bits per heavy atom. The molecule has 0 aliphatic carbocycles. The molecule has 1 saturated heterocycles. The second-order valence-electron chi connectivity index (χ2n) is 7.37. The summed E-state index contributed by atoms with van der Waals surface area (Å²) >= 11 is 5.77. The van der Waals surface area contributed by atoms with E-state index in [0.717, 1.165) is 31.6 Å². The SMILES string of the molecule is CN1CCC(n2cc(Nc3ncc4nnn(-c5ccc(Cl)c(F)c5)c4n3)cn2)CC1. The number of rotatable bonds is 4. The maximum absolute atomic E-state index is 13.9. The Kier molecular flexibility index (Phi) is 4.80. The van der Waals surface area contributed by atoms with Crippen molar-refractivity contribution in [2.24, 2.45) is 0 Å². The third-order valence-electron chi connectivity index (χ3n) is 5.26. The van der Waals surface area contributed by atoms with Gasteiger partial charge in [0.2, 0.25) is 5.95 Å². The maximum atomic E-state index is 13.9. The van der Waals surface area contributed by atoms with Crippen LogP contribution >= 0.6 is 11.6 Å². The van der Waals surface area contributed by atoms with Crippen molar-refractivity contribution in [2.45, 2.75) is 18.9 Å². The van der Waals surface area contributed by atoms with Gasteiger partial charge in [-0.25, -0.2) is 9.37 Å².